The number of rotatable bonds is 5. The number of phenols is 1. The third-order valence-electron chi connectivity index (χ3n) is 2.78. The molecule has 0 unspecified atom stereocenters. The van der Waals surface area contributed by atoms with E-state index in [0.29, 0.717) is 0 Å². The molecule has 5 heteroatoms. The van der Waals surface area contributed by atoms with E-state index in [1.54, 1.807) is 12.1 Å². The van der Waals surface area contributed by atoms with E-state index in [1.807, 2.05) is 38.1 Å². The van der Waals surface area contributed by atoms with E-state index in [-0.39, 0.29) is 17.4 Å². The molecular formula is C17H18N2O3. The summed E-state index contributed by atoms with van der Waals surface area (Å²) in [5.74, 6) is 0.241. The van der Waals surface area contributed by atoms with Gasteiger partial charge in [0.1, 0.15) is 11.5 Å². The summed E-state index contributed by atoms with van der Waals surface area (Å²) in [6.07, 6.45) is 1.65. The first kappa shape index (κ1) is 15.6. The van der Waals surface area contributed by atoms with Crippen LogP contribution in [0.15, 0.2) is 53.6 Å². The van der Waals surface area contributed by atoms with Gasteiger partial charge >= 0.3 is 0 Å². The summed E-state index contributed by atoms with van der Waals surface area (Å²) >= 11 is 0. The number of para-hydroxylation sites is 1. The second-order valence-corrected chi connectivity index (χ2v) is 4.95. The Balaban J connectivity index is 1.95. The van der Waals surface area contributed by atoms with E-state index in [4.69, 9.17) is 4.74 Å². The average Bonchev–Trinajstić information content (AvgIpc) is 2.49. The van der Waals surface area contributed by atoms with Crippen molar-refractivity contribution in [3.8, 4) is 11.5 Å². The first-order chi connectivity index (χ1) is 10.6. The standard InChI is InChI=1S/C17H18N2O3/c1-12(2)22-14-9-7-13(8-10-14)11-18-19-17(21)15-5-3-4-6-16(15)20/h3-12,20H,1-2H3,(H,19,21)/b18-11-. The maximum absolute atomic E-state index is 11.8. The van der Waals surface area contributed by atoms with Gasteiger partial charge in [0.05, 0.1) is 17.9 Å². The largest absolute Gasteiger partial charge is 0.507 e. The Labute approximate surface area is 129 Å². The quantitative estimate of drug-likeness (QED) is 0.658. The molecule has 0 atom stereocenters. The molecule has 0 heterocycles. The van der Waals surface area contributed by atoms with E-state index >= 15 is 0 Å². The van der Waals surface area contributed by atoms with E-state index in [0.717, 1.165) is 11.3 Å². The van der Waals surface area contributed by atoms with Gasteiger partial charge in [0.25, 0.3) is 5.91 Å². The average molecular weight is 298 g/mol. The normalized spacial score (nSPS) is 10.9. The first-order valence-electron chi connectivity index (χ1n) is 6.94. The van der Waals surface area contributed by atoms with Crippen molar-refractivity contribution in [2.75, 3.05) is 0 Å². The summed E-state index contributed by atoms with van der Waals surface area (Å²) < 4.78 is 5.54. The number of benzene rings is 2. The zero-order valence-electron chi connectivity index (χ0n) is 12.5. The van der Waals surface area contributed by atoms with Crippen LogP contribution in [0.5, 0.6) is 11.5 Å². The molecule has 0 radical (unpaired) electrons. The fourth-order valence-corrected chi connectivity index (χ4v) is 1.80. The number of aromatic hydroxyl groups is 1. The minimum atomic E-state index is -0.464. The Morgan fingerprint density at radius 1 is 1.18 bits per heavy atom. The topological polar surface area (TPSA) is 70.9 Å². The molecule has 0 bridgehead atoms. The molecule has 0 aliphatic rings. The zero-order chi connectivity index (χ0) is 15.9. The highest BCUT2D eigenvalue weighted by Crippen LogP contribution is 2.15. The molecule has 0 saturated carbocycles. The van der Waals surface area contributed by atoms with Crippen LogP contribution in [0.4, 0.5) is 0 Å². The van der Waals surface area contributed by atoms with Crippen molar-refractivity contribution < 1.29 is 14.6 Å². The maximum atomic E-state index is 11.8. The highest BCUT2D eigenvalue weighted by Gasteiger charge is 2.08. The van der Waals surface area contributed by atoms with Crippen molar-refractivity contribution in [1.29, 1.82) is 0 Å². The Morgan fingerprint density at radius 2 is 1.86 bits per heavy atom. The molecule has 5 nitrogen and oxygen atoms in total. The fourth-order valence-electron chi connectivity index (χ4n) is 1.80. The second kappa shape index (κ2) is 7.26. The number of nitrogens with one attached hydrogen (secondary N) is 1. The van der Waals surface area contributed by atoms with Crippen LogP contribution in [0.25, 0.3) is 0 Å². The van der Waals surface area contributed by atoms with Crippen molar-refractivity contribution in [3.05, 3.63) is 59.7 Å². The van der Waals surface area contributed by atoms with Crippen LogP contribution in [0, 0.1) is 0 Å². The van der Waals surface area contributed by atoms with Crippen molar-refractivity contribution >= 4 is 12.1 Å². The molecule has 22 heavy (non-hydrogen) atoms. The van der Waals surface area contributed by atoms with Crippen LogP contribution < -0.4 is 10.2 Å². The third-order valence-corrected chi connectivity index (χ3v) is 2.78. The lowest BCUT2D eigenvalue weighted by atomic mass is 10.2. The van der Waals surface area contributed by atoms with E-state index in [1.165, 1.54) is 18.3 Å². The highest BCUT2D eigenvalue weighted by atomic mass is 16.5. The number of carbonyl (C=O) groups excluding carboxylic acids is 1. The number of hydrogen-bond donors (Lipinski definition) is 2. The van der Waals surface area contributed by atoms with Gasteiger partial charge in [-0.15, -0.1) is 0 Å². The van der Waals surface area contributed by atoms with Crippen LogP contribution in [-0.2, 0) is 0 Å². The van der Waals surface area contributed by atoms with Crippen molar-refractivity contribution in [3.63, 3.8) is 0 Å². The minimum Gasteiger partial charge on any atom is -0.507 e. The number of nitrogens with zero attached hydrogens (tertiary/aromatic N) is 1. The summed E-state index contributed by atoms with van der Waals surface area (Å²) in [6, 6.07) is 13.7. The molecule has 0 saturated heterocycles. The van der Waals surface area contributed by atoms with Gasteiger partial charge in [0.15, 0.2) is 0 Å². The molecular weight excluding hydrogens is 280 g/mol. The molecule has 0 aliphatic carbocycles. The maximum Gasteiger partial charge on any atom is 0.275 e. The Kier molecular flexibility index (Phi) is 5.14. The zero-order valence-corrected chi connectivity index (χ0v) is 12.5. The lowest BCUT2D eigenvalue weighted by Gasteiger charge is -2.09. The molecule has 2 rings (SSSR count). The number of ether oxygens (including phenoxy) is 1. The predicted octanol–water partition coefficient (Wildman–Crippen LogP) is 2.94. The number of hydrogen-bond acceptors (Lipinski definition) is 4. The number of carbonyl (C=O) groups is 1. The lowest BCUT2D eigenvalue weighted by Crippen LogP contribution is -2.17. The van der Waals surface area contributed by atoms with Gasteiger partial charge in [0, 0.05) is 0 Å². The minimum absolute atomic E-state index is 0.0783. The monoisotopic (exact) mass is 298 g/mol. The molecule has 2 N–H and O–H groups in total. The molecule has 0 spiro atoms. The van der Waals surface area contributed by atoms with Gasteiger partial charge in [-0.25, -0.2) is 5.43 Å². The SMILES string of the molecule is CC(C)Oc1ccc(/C=N\NC(=O)c2ccccc2O)cc1. The van der Waals surface area contributed by atoms with Crippen LogP contribution in [0.3, 0.4) is 0 Å². The van der Waals surface area contributed by atoms with Crippen LogP contribution in [0.1, 0.15) is 29.8 Å². The van der Waals surface area contributed by atoms with Gasteiger partial charge in [-0.2, -0.15) is 5.10 Å². The van der Waals surface area contributed by atoms with Crippen molar-refractivity contribution in [1.82, 2.24) is 5.43 Å². The van der Waals surface area contributed by atoms with Crippen molar-refractivity contribution in [2.45, 2.75) is 20.0 Å². The number of phenolic OH excluding ortho intramolecular Hbond substituents is 1. The molecule has 0 aliphatic heterocycles. The molecule has 0 aromatic heterocycles. The van der Waals surface area contributed by atoms with E-state index in [2.05, 4.69) is 10.5 Å². The number of hydrazone groups is 1. The van der Waals surface area contributed by atoms with Gasteiger partial charge in [-0.1, -0.05) is 12.1 Å². The van der Waals surface area contributed by atoms with Gasteiger partial charge in [-0.3, -0.25) is 4.79 Å². The van der Waals surface area contributed by atoms with E-state index < -0.39 is 5.91 Å². The summed E-state index contributed by atoms with van der Waals surface area (Å²) in [5, 5.41) is 13.4. The smallest absolute Gasteiger partial charge is 0.275 e. The second-order valence-electron chi connectivity index (χ2n) is 4.95. The van der Waals surface area contributed by atoms with Crippen LogP contribution in [-0.4, -0.2) is 23.3 Å². The third kappa shape index (κ3) is 4.34. The predicted molar refractivity (Wildman–Crippen MR) is 85.4 cm³/mol. The summed E-state index contributed by atoms with van der Waals surface area (Å²) in [6.45, 7) is 3.92. The Hall–Kier alpha value is -2.82. The summed E-state index contributed by atoms with van der Waals surface area (Å²) in [4.78, 5) is 11.8. The summed E-state index contributed by atoms with van der Waals surface area (Å²) in [7, 11) is 0. The van der Waals surface area contributed by atoms with E-state index in [9.17, 15) is 9.90 Å². The lowest BCUT2D eigenvalue weighted by molar-refractivity contribution is 0.0952. The molecule has 114 valence electrons. The van der Waals surface area contributed by atoms with Crippen LogP contribution >= 0.6 is 0 Å². The Morgan fingerprint density at radius 3 is 2.50 bits per heavy atom. The molecule has 2 aromatic rings. The molecule has 2 aromatic carbocycles. The highest BCUT2D eigenvalue weighted by molar-refractivity contribution is 5.97. The fraction of sp³-hybridized carbons (Fsp3) is 0.176. The first-order valence-corrected chi connectivity index (χ1v) is 6.94. The molecule has 0 fully saturated rings. The summed E-state index contributed by atoms with van der Waals surface area (Å²) in [5.41, 5.74) is 3.38. The van der Waals surface area contributed by atoms with Gasteiger partial charge in [-0.05, 0) is 55.8 Å². The van der Waals surface area contributed by atoms with Gasteiger partial charge in [0.2, 0.25) is 0 Å². The Bertz CT molecular complexity index is 664. The van der Waals surface area contributed by atoms with Crippen molar-refractivity contribution in [2.24, 2.45) is 5.10 Å². The number of amides is 1. The molecule has 1 amide bonds. The van der Waals surface area contributed by atoms with Gasteiger partial charge < -0.3 is 9.84 Å². The van der Waals surface area contributed by atoms with Crippen LogP contribution in [0.2, 0.25) is 0 Å².